The van der Waals surface area contributed by atoms with E-state index < -0.39 is 0 Å². The summed E-state index contributed by atoms with van der Waals surface area (Å²) in [5, 5.41) is 3.38. The zero-order valence-corrected chi connectivity index (χ0v) is 8.86. The van der Waals surface area contributed by atoms with Crippen molar-refractivity contribution in [3.8, 4) is 0 Å². The molecule has 78 valence electrons. The first kappa shape index (κ1) is 9.74. The molecule has 1 aromatic rings. The molecule has 3 nitrogen and oxygen atoms in total. The Morgan fingerprint density at radius 1 is 1.64 bits per heavy atom. The third-order valence-corrected chi connectivity index (χ3v) is 3.18. The van der Waals surface area contributed by atoms with Gasteiger partial charge in [0.25, 0.3) is 0 Å². The molecule has 1 aromatic heterocycles. The molecule has 0 saturated carbocycles. The lowest BCUT2D eigenvalue weighted by atomic mass is 10.1. The molecule has 2 heterocycles. The maximum Gasteiger partial charge on any atom is 0.120 e. The SMILES string of the molecule is CC(c1ccco1)N(C)C1CCNC1. The third kappa shape index (κ3) is 1.83. The zero-order chi connectivity index (χ0) is 9.97. The second-order valence-corrected chi connectivity index (χ2v) is 4.00. The Balaban J connectivity index is 2.00. The standard InChI is InChI=1S/C11H18N2O/c1-9(11-4-3-7-14-11)13(2)10-5-6-12-8-10/h3-4,7,9-10,12H,5-6,8H2,1-2H3. The highest BCUT2D eigenvalue weighted by molar-refractivity contribution is 5.04. The number of nitrogens with one attached hydrogen (secondary N) is 1. The largest absolute Gasteiger partial charge is 0.468 e. The minimum absolute atomic E-state index is 0.370. The van der Waals surface area contributed by atoms with E-state index >= 15 is 0 Å². The zero-order valence-electron chi connectivity index (χ0n) is 8.86. The Morgan fingerprint density at radius 3 is 3.07 bits per heavy atom. The van der Waals surface area contributed by atoms with E-state index in [2.05, 4.69) is 24.2 Å². The summed E-state index contributed by atoms with van der Waals surface area (Å²) < 4.78 is 5.41. The monoisotopic (exact) mass is 194 g/mol. The minimum atomic E-state index is 0.370. The van der Waals surface area contributed by atoms with E-state index in [0.717, 1.165) is 18.8 Å². The lowest BCUT2D eigenvalue weighted by Crippen LogP contribution is -2.35. The van der Waals surface area contributed by atoms with Gasteiger partial charge in [-0.15, -0.1) is 0 Å². The average Bonchev–Trinajstić information content (AvgIpc) is 2.87. The van der Waals surface area contributed by atoms with Gasteiger partial charge in [-0.3, -0.25) is 4.90 Å². The summed E-state index contributed by atoms with van der Waals surface area (Å²) in [5.41, 5.74) is 0. The highest BCUT2D eigenvalue weighted by Crippen LogP contribution is 2.22. The lowest BCUT2D eigenvalue weighted by molar-refractivity contribution is 0.176. The average molecular weight is 194 g/mol. The predicted molar refractivity (Wildman–Crippen MR) is 56.2 cm³/mol. The number of rotatable bonds is 3. The number of hydrogen-bond acceptors (Lipinski definition) is 3. The minimum Gasteiger partial charge on any atom is -0.468 e. The molecule has 3 heteroatoms. The van der Waals surface area contributed by atoms with Crippen molar-refractivity contribution < 1.29 is 4.42 Å². The number of likely N-dealkylation sites (N-methyl/N-ethyl adjacent to an activating group) is 1. The Bertz CT molecular complexity index is 265. The van der Waals surface area contributed by atoms with Crippen molar-refractivity contribution in [2.45, 2.75) is 25.4 Å². The van der Waals surface area contributed by atoms with Gasteiger partial charge in [0, 0.05) is 12.6 Å². The van der Waals surface area contributed by atoms with Crippen LogP contribution in [-0.4, -0.2) is 31.1 Å². The van der Waals surface area contributed by atoms with Gasteiger partial charge in [0.1, 0.15) is 5.76 Å². The Labute approximate surface area is 85.1 Å². The Hall–Kier alpha value is -0.800. The van der Waals surface area contributed by atoms with Gasteiger partial charge in [0.2, 0.25) is 0 Å². The van der Waals surface area contributed by atoms with Crippen LogP contribution in [0.2, 0.25) is 0 Å². The van der Waals surface area contributed by atoms with E-state index in [4.69, 9.17) is 4.42 Å². The van der Waals surface area contributed by atoms with Crippen LogP contribution in [0, 0.1) is 0 Å². The normalized spacial score (nSPS) is 24.4. The van der Waals surface area contributed by atoms with E-state index in [9.17, 15) is 0 Å². The van der Waals surface area contributed by atoms with E-state index in [1.807, 2.05) is 12.1 Å². The fourth-order valence-electron chi connectivity index (χ4n) is 2.03. The summed E-state index contributed by atoms with van der Waals surface area (Å²) in [4.78, 5) is 2.39. The second kappa shape index (κ2) is 4.15. The summed E-state index contributed by atoms with van der Waals surface area (Å²) in [7, 11) is 2.17. The first-order valence-corrected chi connectivity index (χ1v) is 5.25. The van der Waals surface area contributed by atoms with Crippen molar-refractivity contribution in [3.05, 3.63) is 24.2 Å². The van der Waals surface area contributed by atoms with Gasteiger partial charge in [0.15, 0.2) is 0 Å². The lowest BCUT2D eigenvalue weighted by Gasteiger charge is -2.28. The first-order valence-electron chi connectivity index (χ1n) is 5.25. The molecule has 2 rings (SSSR count). The number of nitrogens with zero attached hydrogens (tertiary/aromatic N) is 1. The van der Waals surface area contributed by atoms with E-state index in [0.29, 0.717) is 12.1 Å². The van der Waals surface area contributed by atoms with Crippen molar-refractivity contribution in [2.75, 3.05) is 20.1 Å². The molecule has 0 bridgehead atoms. The maximum atomic E-state index is 5.41. The van der Waals surface area contributed by atoms with Crippen molar-refractivity contribution in [1.29, 1.82) is 0 Å². The Kier molecular flexibility index (Phi) is 2.89. The van der Waals surface area contributed by atoms with Crippen molar-refractivity contribution in [3.63, 3.8) is 0 Å². The van der Waals surface area contributed by atoms with E-state index in [1.54, 1.807) is 6.26 Å². The maximum absolute atomic E-state index is 5.41. The molecular formula is C11H18N2O. The van der Waals surface area contributed by atoms with E-state index in [1.165, 1.54) is 6.42 Å². The van der Waals surface area contributed by atoms with Crippen LogP contribution in [0.25, 0.3) is 0 Å². The van der Waals surface area contributed by atoms with Crippen LogP contribution >= 0.6 is 0 Å². The van der Waals surface area contributed by atoms with Crippen LogP contribution in [0.5, 0.6) is 0 Å². The molecular weight excluding hydrogens is 176 g/mol. The van der Waals surface area contributed by atoms with Crippen molar-refractivity contribution in [2.24, 2.45) is 0 Å². The van der Waals surface area contributed by atoms with Gasteiger partial charge in [-0.05, 0) is 39.1 Å². The quantitative estimate of drug-likeness (QED) is 0.793. The molecule has 14 heavy (non-hydrogen) atoms. The molecule has 0 amide bonds. The molecule has 1 aliphatic rings. The molecule has 1 aliphatic heterocycles. The third-order valence-electron chi connectivity index (χ3n) is 3.18. The Morgan fingerprint density at radius 2 is 2.50 bits per heavy atom. The predicted octanol–water partition coefficient (Wildman–Crippen LogP) is 1.63. The van der Waals surface area contributed by atoms with Gasteiger partial charge in [-0.1, -0.05) is 0 Å². The fraction of sp³-hybridized carbons (Fsp3) is 0.636. The van der Waals surface area contributed by atoms with Crippen molar-refractivity contribution >= 4 is 0 Å². The van der Waals surface area contributed by atoms with Gasteiger partial charge < -0.3 is 9.73 Å². The molecule has 0 spiro atoms. The second-order valence-electron chi connectivity index (χ2n) is 4.00. The summed E-state index contributed by atoms with van der Waals surface area (Å²) in [6.07, 6.45) is 2.98. The molecule has 2 atom stereocenters. The van der Waals surface area contributed by atoms with Crippen LogP contribution in [0.15, 0.2) is 22.8 Å². The number of hydrogen-bond donors (Lipinski definition) is 1. The first-order chi connectivity index (χ1) is 6.79. The van der Waals surface area contributed by atoms with Crippen LogP contribution < -0.4 is 5.32 Å². The highest BCUT2D eigenvalue weighted by atomic mass is 16.3. The molecule has 1 saturated heterocycles. The molecule has 0 aliphatic carbocycles. The number of furan rings is 1. The summed E-state index contributed by atoms with van der Waals surface area (Å²) in [6.45, 7) is 4.43. The summed E-state index contributed by atoms with van der Waals surface area (Å²) >= 11 is 0. The summed E-state index contributed by atoms with van der Waals surface area (Å²) in [5.74, 6) is 1.06. The van der Waals surface area contributed by atoms with Gasteiger partial charge in [0.05, 0.1) is 12.3 Å². The van der Waals surface area contributed by atoms with Crippen LogP contribution in [0.4, 0.5) is 0 Å². The smallest absolute Gasteiger partial charge is 0.120 e. The summed E-state index contributed by atoms with van der Waals surface area (Å²) in [6, 6.07) is 5.01. The molecule has 1 fully saturated rings. The molecule has 0 radical (unpaired) electrons. The van der Waals surface area contributed by atoms with E-state index in [-0.39, 0.29) is 0 Å². The van der Waals surface area contributed by atoms with Crippen LogP contribution in [-0.2, 0) is 0 Å². The van der Waals surface area contributed by atoms with Gasteiger partial charge in [-0.25, -0.2) is 0 Å². The van der Waals surface area contributed by atoms with Crippen LogP contribution in [0.3, 0.4) is 0 Å². The molecule has 0 aromatic carbocycles. The van der Waals surface area contributed by atoms with Crippen molar-refractivity contribution in [1.82, 2.24) is 10.2 Å². The molecule has 1 N–H and O–H groups in total. The fourth-order valence-corrected chi connectivity index (χ4v) is 2.03. The van der Waals surface area contributed by atoms with Crippen LogP contribution in [0.1, 0.15) is 25.1 Å². The topological polar surface area (TPSA) is 28.4 Å². The highest BCUT2D eigenvalue weighted by Gasteiger charge is 2.24. The van der Waals surface area contributed by atoms with Gasteiger partial charge in [-0.2, -0.15) is 0 Å². The molecule has 2 unspecified atom stereocenters. The van der Waals surface area contributed by atoms with Gasteiger partial charge >= 0.3 is 0 Å².